The van der Waals surface area contributed by atoms with Crippen LogP contribution in [0.3, 0.4) is 0 Å². The van der Waals surface area contributed by atoms with E-state index >= 15 is 0 Å². The molecule has 126 valence electrons. The van der Waals surface area contributed by atoms with E-state index < -0.39 is 0 Å². The van der Waals surface area contributed by atoms with Crippen LogP contribution in [-0.2, 0) is 9.53 Å². The maximum absolute atomic E-state index is 12.9. The van der Waals surface area contributed by atoms with Crippen molar-refractivity contribution in [2.24, 2.45) is 5.92 Å². The highest BCUT2D eigenvalue weighted by Gasteiger charge is 2.36. The molecule has 1 aromatic carbocycles. The summed E-state index contributed by atoms with van der Waals surface area (Å²) in [5.74, 6) is 2.86. The highest BCUT2D eigenvalue weighted by atomic mass is 32.2. The molecule has 0 bridgehead atoms. The van der Waals surface area contributed by atoms with E-state index in [1.54, 1.807) is 26.0 Å². The van der Waals surface area contributed by atoms with Gasteiger partial charge in [0.05, 0.1) is 14.2 Å². The first kappa shape index (κ1) is 16.5. The molecule has 2 saturated heterocycles. The number of carbonyl (C=O) groups excluding carboxylic acids is 1. The van der Waals surface area contributed by atoms with Gasteiger partial charge in [-0.2, -0.15) is 0 Å². The molecule has 0 aliphatic carbocycles. The van der Waals surface area contributed by atoms with E-state index in [0.29, 0.717) is 13.2 Å². The maximum Gasteiger partial charge on any atom is 0.227 e. The number of carbonyl (C=O) groups is 1. The third-order valence-corrected chi connectivity index (χ3v) is 5.69. The standard InChI is InChI=1S/C17H23NO4S/c1-20-13-3-4-15(21-2)14(11-13)17-18(7-10-23-17)16(19)12-5-8-22-9-6-12/h3-4,11-12,17H,5-10H2,1-2H3. The van der Waals surface area contributed by atoms with Crippen molar-refractivity contribution in [1.82, 2.24) is 4.90 Å². The molecule has 0 aromatic heterocycles. The van der Waals surface area contributed by atoms with E-state index in [-0.39, 0.29) is 17.2 Å². The van der Waals surface area contributed by atoms with Gasteiger partial charge in [0.15, 0.2) is 0 Å². The number of benzene rings is 1. The first-order valence-corrected chi connectivity index (χ1v) is 9.01. The molecule has 2 heterocycles. The average Bonchev–Trinajstić information content (AvgIpc) is 3.10. The van der Waals surface area contributed by atoms with Gasteiger partial charge in [0.25, 0.3) is 0 Å². The van der Waals surface area contributed by atoms with E-state index in [4.69, 9.17) is 14.2 Å². The number of rotatable bonds is 4. The van der Waals surface area contributed by atoms with Gasteiger partial charge >= 0.3 is 0 Å². The summed E-state index contributed by atoms with van der Waals surface area (Å²) in [4.78, 5) is 14.9. The van der Waals surface area contributed by atoms with E-state index in [2.05, 4.69) is 0 Å². The Balaban J connectivity index is 1.84. The van der Waals surface area contributed by atoms with Gasteiger partial charge in [-0.05, 0) is 31.0 Å². The fourth-order valence-corrected chi connectivity index (χ4v) is 4.44. The lowest BCUT2D eigenvalue weighted by atomic mass is 9.98. The molecule has 2 fully saturated rings. The van der Waals surface area contributed by atoms with Crippen LogP contribution in [0.2, 0.25) is 0 Å². The van der Waals surface area contributed by atoms with Crippen LogP contribution in [0, 0.1) is 5.92 Å². The Kier molecular flexibility index (Phi) is 5.33. The summed E-state index contributed by atoms with van der Waals surface area (Å²) in [6.07, 6.45) is 1.64. The molecule has 0 saturated carbocycles. The topological polar surface area (TPSA) is 48.0 Å². The molecule has 5 nitrogen and oxygen atoms in total. The number of hydrogen-bond donors (Lipinski definition) is 0. The van der Waals surface area contributed by atoms with Crippen molar-refractivity contribution in [2.75, 3.05) is 39.7 Å². The van der Waals surface area contributed by atoms with Crippen LogP contribution in [0.15, 0.2) is 18.2 Å². The molecule has 2 aliphatic heterocycles. The number of nitrogens with zero attached hydrogens (tertiary/aromatic N) is 1. The third kappa shape index (κ3) is 3.43. The molecule has 1 atom stereocenters. The largest absolute Gasteiger partial charge is 0.497 e. The van der Waals surface area contributed by atoms with Crippen LogP contribution >= 0.6 is 11.8 Å². The summed E-state index contributed by atoms with van der Waals surface area (Å²) in [6, 6.07) is 5.77. The molecule has 1 aromatic rings. The molecule has 3 rings (SSSR count). The minimum atomic E-state index is -0.00426. The monoisotopic (exact) mass is 337 g/mol. The van der Waals surface area contributed by atoms with E-state index in [1.807, 2.05) is 23.1 Å². The van der Waals surface area contributed by atoms with Crippen molar-refractivity contribution >= 4 is 17.7 Å². The SMILES string of the molecule is COc1ccc(OC)c(C2SCCN2C(=O)C2CCOCC2)c1. The highest BCUT2D eigenvalue weighted by Crippen LogP contribution is 2.44. The Labute approximate surface area is 141 Å². The molecule has 0 spiro atoms. The lowest BCUT2D eigenvalue weighted by molar-refractivity contribution is -0.138. The lowest BCUT2D eigenvalue weighted by Gasteiger charge is -2.30. The summed E-state index contributed by atoms with van der Waals surface area (Å²) in [7, 11) is 3.31. The molecular formula is C17H23NO4S. The first-order chi connectivity index (χ1) is 11.2. The van der Waals surface area contributed by atoms with Gasteiger partial charge in [-0.15, -0.1) is 11.8 Å². The van der Waals surface area contributed by atoms with Crippen LogP contribution < -0.4 is 9.47 Å². The van der Waals surface area contributed by atoms with Crippen molar-refractivity contribution < 1.29 is 19.0 Å². The zero-order valence-electron chi connectivity index (χ0n) is 13.6. The normalized spacial score (nSPS) is 22.2. The van der Waals surface area contributed by atoms with Gasteiger partial charge in [0.1, 0.15) is 16.9 Å². The summed E-state index contributed by atoms with van der Waals surface area (Å²) in [6.45, 7) is 2.15. The van der Waals surface area contributed by atoms with Crippen LogP contribution in [0.4, 0.5) is 0 Å². The lowest BCUT2D eigenvalue weighted by Crippen LogP contribution is -2.38. The van der Waals surface area contributed by atoms with Gasteiger partial charge in [-0.3, -0.25) is 4.79 Å². The molecule has 23 heavy (non-hydrogen) atoms. The number of hydrogen-bond acceptors (Lipinski definition) is 5. The Bertz CT molecular complexity index is 560. The molecule has 1 amide bonds. The van der Waals surface area contributed by atoms with Crippen LogP contribution in [-0.4, -0.2) is 50.5 Å². The van der Waals surface area contributed by atoms with Gasteiger partial charge < -0.3 is 19.1 Å². The van der Waals surface area contributed by atoms with Gasteiger partial charge in [-0.1, -0.05) is 0 Å². The first-order valence-electron chi connectivity index (χ1n) is 7.96. The Morgan fingerprint density at radius 3 is 2.74 bits per heavy atom. The van der Waals surface area contributed by atoms with E-state index in [9.17, 15) is 4.79 Å². The van der Waals surface area contributed by atoms with Gasteiger partial charge in [-0.25, -0.2) is 0 Å². The van der Waals surface area contributed by atoms with E-state index in [0.717, 1.165) is 42.2 Å². The van der Waals surface area contributed by atoms with Crippen molar-refractivity contribution in [3.8, 4) is 11.5 Å². The highest BCUT2D eigenvalue weighted by molar-refractivity contribution is 7.99. The fraction of sp³-hybridized carbons (Fsp3) is 0.588. The van der Waals surface area contributed by atoms with Gasteiger partial charge in [0, 0.05) is 37.0 Å². The summed E-state index contributed by atoms with van der Waals surface area (Å²) < 4.78 is 16.2. The molecular weight excluding hydrogens is 314 g/mol. The molecule has 0 radical (unpaired) electrons. The fourth-order valence-electron chi connectivity index (χ4n) is 3.16. The van der Waals surface area contributed by atoms with Crippen molar-refractivity contribution in [3.63, 3.8) is 0 Å². The molecule has 2 aliphatic rings. The van der Waals surface area contributed by atoms with Crippen LogP contribution in [0.5, 0.6) is 11.5 Å². The number of amides is 1. The Morgan fingerprint density at radius 1 is 1.26 bits per heavy atom. The van der Waals surface area contributed by atoms with E-state index in [1.165, 1.54) is 0 Å². The van der Waals surface area contributed by atoms with Crippen LogP contribution in [0.25, 0.3) is 0 Å². The zero-order valence-corrected chi connectivity index (χ0v) is 14.4. The van der Waals surface area contributed by atoms with Crippen molar-refractivity contribution in [2.45, 2.75) is 18.2 Å². The number of thioether (sulfide) groups is 1. The van der Waals surface area contributed by atoms with Crippen molar-refractivity contribution in [3.05, 3.63) is 23.8 Å². The third-order valence-electron chi connectivity index (χ3n) is 4.45. The second kappa shape index (κ2) is 7.45. The predicted molar refractivity (Wildman–Crippen MR) is 90.0 cm³/mol. The second-order valence-corrected chi connectivity index (χ2v) is 6.94. The Hall–Kier alpha value is -1.40. The quantitative estimate of drug-likeness (QED) is 0.845. The molecule has 1 unspecified atom stereocenters. The predicted octanol–water partition coefficient (Wildman–Crippen LogP) is 2.70. The summed E-state index contributed by atoms with van der Waals surface area (Å²) in [5, 5.41) is -0.00426. The summed E-state index contributed by atoms with van der Waals surface area (Å²) in [5.41, 5.74) is 1.01. The number of ether oxygens (including phenoxy) is 3. The minimum absolute atomic E-state index is 0.00426. The molecule has 0 N–H and O–H groups in total. The summed E-state index contributed by atoms with van der Waals surface area (Å²) >= 11 is 1.78. The minimum Gasteiger partial charge on any atom is -0.497 e. The Morgan fingerprint density at radius 2 is 2.04 bits per heavy atom. The van der Waals surface area contributed by atoms with Crippen molar-refractivity contribution in [1.29, 1.82) is 0 Å². The number of methoxy groups -OCH3 is 2. The maximum atomic E-state index is 12.9. The average molecular weight is 337 g/mol. The van der Waals surface area contributed by atoms with Gasteiger partial charge in [0.2, 0.25) is 5.91 Å². The van der Waals surface area contributed by atoms with Crippen LogP contribution in [0.1, 0.15) is 23.8 Å². The smallest absolute Gasteiger partial charge is 0.227 e. The second-order valence-electron chi connectivity index (χ2n) is 5.75. The molecule has 6 heteroatoms. The zero-order chi connectivity index (χ0) is 16.2.